The predicted molar refractivity (Wildman–Crippen MR) is 122 cm³/mol. The third kappa shape index (κ3) is 4.63. The number of nitrogens with zero attached hydrogens (tertiary/aromatic N) is 2. The Labute approximate surface area is 201 Å². The molecule has 1 aromatic heterocycles. The zero-order valence-electron chi connectivity index (χ0n) is 18.9. The summed E-state index contributed by atoms with van der Waals surface area (Å²) < 4.78 is 4.13. The van der Waals surface area contributed by atoms with Crippen LogP contribution in [0.1, 0.15) is 88.9 Å². The summed E-state index contributed by atoms with van der Waals surface area (Å²) >= 11 is 0. The van der Waals surface area contributed by atoms with E-state index in [9.17, 15) is 9.59 Å². The molecule has 0 bridgehead atoms. The fourth-order valence-corrected chi connectivity index (χ4v) is 4.60. The molecule has 1 aliphatic rings. The molecule has 0 N–H and O–H groups in total. The first-order valence-electron chi connectivity index (χ1n) is 11.5. The molecule has 2 aromatic carbocycles. The highest BCUT2D eigenvalue weighted by molar-refractivity contribution is 6.26. The minimum atomic E-state index is -0.0501. The lowest BCUT2D eigenvalue weighted by Crippen LogP contribution is -3.00. The van der Waals surface area contributed by atoms with Gasteiger partial charge < -0.3 is 17.0 Å². The van der Waals surface area contributed by atoms with Gasteiger partial charge in [-0.05, 0) is 18.4 Å². The van der Waals surface area contributed by atoms with Gasteiger partial charge in [-0.3, -0.25) is 9.59 Å². The second-order valence-electron chi connectivity index (χ2n) is 8.44. The molecule has 0 saturated heterocycles. The van der Waals surface area contributed by atoms with E-state index in [0.29, 0.717) is 29.1 Å². The zero-order chi connectivity index (χ0) is 21.8. The van der Waals surface area contributed by atoms with Gasteiger partial charge in [0.1, 0.15) is 6.54 Å². The molecule has 1 heterocycles. The molecule has 0 fully saturated rings. The van der Waals surface area contributed by atoms with Crippen molar-refractivity contribution in [1.82, 2.24) is 4.57 Å². The van der Waals surface area contributed by atoms with Crippen molar-refractivity contribution in [2.75, 3.05) is 0 Å². The number of aromatic nitrogens is 2. The van der Waals surface area contributed by atoms with Crippen molar-refractivity contribution in [1.29, 1.82) is 0 Å². The Bertz CT molecular complexity index is 1100. The molecule has 32 heavy (non-hydrogen) atoms. The van der Waals surface area contributed by atoms with Gasteiger partial charge in [-0.25, -0.2) is 9.13 Å². The normalized spacial score (nSPS) is 12.3. The number of unbranched alkanes of at least 4 members (excludes halogenated alkanes) is 5. The van der Waals surface area contributed by atoms with Crippen LogP contribution in [0.2, 0.25) is 0 Å². The Hall–Kier alpha value is -2.53. The number of hydrogen-bond donors (Lipinski definition) is 0. The van der Waals surface area contributed by atoms with Crippen molar-refractivity contribution >= 4 is 11.6 Å². The van der Waals surface area contributed by atoms with Gasteiger partial charge in [0, 0.05) is 18.1 Å². The first-order valence-corrected chi connectivity index (χ1v) is 11.5. The summed E-state index contributed by atoms with van der Waals surface area (Å²) in [5.41, 5.74) is 3.25. The summed E-state index contributed by atoms with van der Waals surface area (Å²) in [7, 11) is 0. The number of benzene rings is 2. The monoisotopic (exact) mass is 494 g/mol. The van der Waals surface area contributed by atoms with Crippen LogP contribution in [0.4, 0.5) is 0 Å². The molecule has 0 unspecified atom stereocenters. The van der Waals surface area contributed by atoms with Crippen molar-refractivity contribution in [3.63, 3.8) is 0 Å². The van der Waals surface area contributed by atoms with E-state index in [1.807, 2.05) is 41.8 Å². The summed E-state index contributed by atoms with van der Waals surface area (Å²) in [4.78, 5) is 27.0. The molecule has 1 aliphatic carbocycles. The third-order valence-electron chi connectivity index (χ3n) is 6.31. The highest BCUT2D eigenvalue weighted by Gasteiger charge is 2.42. The van der Waals surface area contributed by atoms with Crippen LogP contribution < -0.4 is 21.5 Å². The van der Waals surface area contributed by atoms with Crippen LogP contribution in [0, 0.1) is 6.92 Å². The fourth-order valence-electron chi connectivity index (χ4n) is 4.60. The van der Waals surface area contributed by atoms with Crippen molar-refractivity contribution in [2.45, 2.75) is 65.5 Å². The average Bonchev–Trinajstić information content (AvgIpc) is 3.07. The van der Waals surface area contributed by atoms with E-state index in [-0.39, 0.29) is 28.5 Å². The van der Waals surface area contributed by atoms with Crippen LogP contribution >= 0.6 is 0 Å². The maximum absolute atomic E-state index is 13.5. The van der Waals surface area contributed by atoms with Crippen LogP contribution in [0.3, 0.4) is 0 Å². The van der Waals surface area contributed by atoms with E-state index >= 15 is 0 Å². The smallest absolute Gasteiger partial charge is 0.254 e. The van der Waals surface area contributed by atoms with Crippen molar-refractivity contribution in [3.8, 4) is 0 Å². The van der Waals surface area contributed by atoms with Crippen LogP contribution in [-0.4, -0.2) is 16.1 Å². The van der Waals surface area contributed by atoms with Gasteiger partial charge in [-0.1, -0.05) is 87.2 Å². The molecule has 5 heteroatoms. The lowest BCUT2D eigenvalue weighted by molar-refractivity contribution is -0.695. The van der Waals surface area contributed by atoms with Crippen LogP contribution in [0.15, 0.2) is 54.6 Å². The number of hydrogen-bond acceptors (Lipinski definition) is 2. The second-order valence-corrected chi connectivity index (χ2v) is 8.44. The van der Waals surface area contributed by atoms with Gasteiger partial charge in [0.2, 0.25) is 23.0 Å². The molecule has 0 spiro atoms. The minimum Gasteiger partial charge on any atom is -1.00 e. The summed E-state index contributed by atoms with van der Waals surface area (Å²) in [6, 6.07) is 17.3. The van der Waals surface area contributed by atoms with E-state index in [1.54, 1.807) is 12.1 Å². The van der Waals surface area contributed by atoms with E-state index in [4.69, 9.17) is 0 Å². The highest BCUT2D eigenvalue weighted by Crippen LogP contribution is 2.27. The van der Waals surface area contributed by atoms with Crippen molar-refractivity contribution < 1.29 is 31.1 Å². The standard InChI is InChI=1S/C27H31N2O2.BrH/c1-3-4-5-6-7-13-18-28-20(2)29(19-21-14-9-8-10-15-21)25-24(28)26(30)22-16-11-12-17-23(22)27(25)31;/h8-12,14-17H,3-7,13,18-19H2,1-2H3;1H/q+1;/p-1. The third-order valence-corrected chi connectivity index (χ3v) is 6.31. The number of halogens is 1. The Balaban J connectivity index is 0.00000289. The molecule has 0 saturated carbocycles. The molecule has 4 rings (SSSR count). The van der Waals surface area contributed by atoms with Crippen molar-refractivity contribution in [2.24, 2.45) is 0 Å². The molecule has 0 aliphatic heterocycles. The lowest BCUT2D eigenvalue weighted by atomic mass is 9.90. The van der Waals surface area contributed by atoms with Gasteiger partial charge in [0.05, 0.1) is 6.54 Å². The molecule has 168 valence electrons. The van der Waals surface area contributed by atoms with Crippen molar-refractivity contribution in [3.05, 3.63) is 88.5 Å². The van der Waals surface area contributed by atoms with Gasteiger partial charge in [-0.15, -0.1) is 0 Å². The largest absolute Gasteiger partial charge is 1.00 e. The number of fused-ring (bicyclic) bond motifs is 2. The van der Waals surface area contributed by atoms with E-state index < -0.39 is 0 Å². The van der Waals surface area contributed by atoms with Gasteiger partial charge in [0.25, 0.3) is 5.82 Å². The van der Waals surface area contributed by atoms with Crippen LogP contribution in [0.5, 0.6) is 0 Å². The lowest BCUT2D eigenvalue weighted by Gasteiger charge is -2.13. The highest BCUT2D eigenvalue weighted by atomic mass is 79.9. The molecular formula is C27H31BrN2O2. The molecule has 0 radical (unpaired) electrons. The number of carbonyl (C=O) groups is 2. The van der Waals surface area contributed by atoms with E-state index in [1.165, 1.54) is 25.7 Å². The summed E-state index contributed by atoms with van der Waals surface area (Å²) in [6.07, 6.45) is 7.15. The van der Waals surface area contributed by atoms with Crippen LogP contribution in [0.25, 0.3) is 0 Å². The second kappa shape index (κ2) is 10.9. The van der Waals surface area contributed by atoms with E-state index in [2.05, 4.69) is 23.6 Å². The topological polar surface area (TPSA) is 43.0 Å². The summed E-state index contributed by atoms with van der Waals surface area (Å²) in [5.74, 6) is 0.883. The number of ketones is 2. The fraction of sp³-hybridized carbons (Fsp3) is 0.370. The van der Waals surface area contributed by atoms with E-state index in [0.717, 1.165) is 30.8 Å². The Morgan fingerprint density at radius 1 is 0.781 bits per heavy atom. The Morgan fingerprint density at radius 2 is 1.38 bits per heavy atom. The Morgan fingerprint density at radius 3 is 2.06 bits per heavy atom. The number of imidazole rings is 1. The van der Waals surface area contributed by atoms with Gasteiger partial charge in [0.15, 0.2) is 0 Å². The quantitative estimate of drug-likeness (QED) is 0.264. The first-order chi connectivity index (χ1) is 15.1. The first kappa shape index (κ1) is 24.1. The molecular weight excluding hydrogens is 464 g/mol. The average molecular weight is 495 g/mol. The van der Waals surface area contributed by atoms with Crippen LogP contribution in [-0.2, 0) is 13.1 Å². The molecule has 0 amide bonds. The maximum Gasteiger partial charge on any atom is 0.254 e. The zero-order valence-corrected chi connectivity index (χ0v) is 20.5. The predicted octanol–water partition coefficient (Wildman–Crippen LogP) is 2.27. The Kier molecular flexibility index (Phi) is 8.19. The summed E-state index contributed by atoms with van der Waals surface area (Å²) in [5, 5.41) is 0. The molecule has 0 atom stereocenters. The maximum atomic E-state index is 13.5. The molecule has 3 aromatic rings. The minimum absolute atomic E-state index is 0. The molecule has 4 nitrogen and oxygen atoms in total. The summed E-state index contributed by atoms with van der Waals surface area (Å²) in [6.45, 7) is 5.61. The SMILES string of the molecule is CCCCCCCCn1c2c([n+](Cc3ccccc3)c1C)C(=O)c1ccccc1C2=O.[Br-]. The number of carbonyl (C=O) groups excluding carboxylic acids is 2. The van der Waals surface area contributed by atoms with Gasteiger partial charge in [-0.2, -0.15) is 0 Å². The number of rotatable bonds is 9. The van der Waals surface area contributed by atoms with Gasteiger partial charge >= 0.3 is 0 Å².